The minimum Gasteiger partial charge on any atom is -0.494 e. The van der Waals surface area contributed by atoms with Crippen LogP contribution in [0.2, 0.25) is 0 Å². The van der Waals surface area contributed by atoms with Crippen molar-refractivity contribution in [1.29, 1.82) is 0 Å². The Balaban J connectivity index is 2.34. The van der Waals surface area contributed by atoms with Gasteiger partial charge in [0.1, 0.15) is 11.4 Å². The van der Waals surface area contributed by atoms with Crippen molar-refractivity contribution in [2.24, 2.45) is 12.9 Å². The number of hydrazine groups is 1. The quantitative estimate of drug-likeness (QED) is 0.600. The fourth-order valence-electron chi connectivity index (χ4n) is 2.25. The molecule has 0 aliphatic carbocycles. The monoisotopic (exact) mass is 290 g/mol. The number of methoxy groups -OCH3 is 1. The van der Waals surface area contributed by atoms with Crippen molar-refractivity contribution in [3.05, 3.63) is 41.7 Å². The van der Waals surface area contributed by atoms with Gasteiger partial charge in [-0.3, -0.25) is 10.5 Å². The lowest BCUT2D eigenvalue weighted by Crippen LogP contribution is -2.30. The van der Waals surface area contributed by atoms with E-state index in [0.29, 0.717) is 12.4 Å². The molecule has 2 rings (SSSR count). The minimum absolute atomic E-state index is 0.224. The molecule has 21 heavy (non-hydrogen) atoms. The number of nitrogens with two attached hydrogens (primary N) is 1. The summed E-state index contributed by atoms with van der Waals surface area (Å²) in [6, 6.07) is 7.64. The van der Waals surface area contributed by atoms with E-state index in [2.05, 4.69) is 17.4 Å². The molecule has 0 radical (unpaired) electrons. The molecular weight excluding hydrogens is 268 g/mol. The number of rotatable bonds is 7. The van der Waals surface area contributed by atoms with Gasteiger partial charge in [0.2, 0.25) is 0 Å². The average Bonchev–Trinajstić information content (AvgIpc) is 2.88. The molecule has 3 N–H and O–H groups in total. The van der Waals surface area contributed by atoms with Crippen LogP contribution in [0.4, 0.5) is 0 Å². The molecule has 0 fully saturated rings. The number of aromatic nitrogens is 2. The molecule has 0 aliphatic heterocycles. The third-order valence-corrected chi connectivity index (χ3v) is 3.27. The molecule has 0 saturated heterocycles. The van der Waals surface area contributed by atoms with E-state index in [1.807, 2.05) is 31.3 Å². The van der Waals surface area contributed by atoms with Crippen LogP contribution in [0.5, 0.6) is 11.5 Å². The Kier molecular flexibility index (Phi) is 5.19. The van der Waals surface area contributed by atoms with Crippen LogP contribution in [0.25, 0.3) is 0 Å². The van der Waals surface area contributed by atoms with Crippen molar-refractivity contribution < 1.29 is 9.47 Å². The summed E-state index contributed by atoms with van der Waals surface area (Å²) < 4.78 is 12.8. The maximum Gasteiger partial charge on any atom is 0.161 e. The Labute approximate surface area is 124 Å². The maximum atomic E-state index is 5.75. The molecule has 0 bridgehead atoms. The van der Waals surface area contributed by atoms with E-state index in [9.17, 15) is 0 Å². The summed E-state index contributed by atoms with van der Waals surface area (Å²) >= 11 is 0. The van der Waals surface area contributed by atoms with Crippen molar-refractivity contribution in [2.75, 3.05) is 13.7 Å². The average molecular weight is 290 g/mol. The molecule has 1 unspecified atom stereocenters. The van der Waals surface area contributed by atoms with Crippen molar-refractivity contribution in [3.63, 3.8) is 0 Å². The molecule has 6 heteroatoms. The summed E-state index contributed by atoms with van der Waals surface area (Å²) in [4.78, 5) is 0. The summed E-state index contributed by atoms with van der Waals surface area (Å²) in [6.07, 6.45) is 2.65. The Hall–Kier alpha value is -2.05. The number of ether oxygens (including phenoxy) is 2. The van der Waals surface area contributed by atoms with Crippen LogP contribution in [0, 0.1) is 0 Å². The second-order valence-electron chi connectivity index (χ2n) is 4.74. The smallest absolute Gasteiger partial charge is 0.161 e. The van der Waals surface area contributed by atoms with Gasteiger partial charge in [-0.1, -0.05) is 19.1 Å². The van der Waals surface area contributed by atoms with Crippen LogP contribution < -0.4 is 20.7 Å². The van der Waals surface area contributed by atoms with Crippen molar-refractivity contribution in [1.82, 2.24) is 15.2 Å². The number of benzene rings is 1. The van der Waals surface area contributed by atoms with Crippen LogP contribution in [0.1, 0.15) is 30.6 Å². The second-order valence-corrected chi connectivity index (χ2v) is 4.74. The number of hydrogen-bond acceptors (Lipinski definition) is 5. The first-order valence-electron chi connectivity index (χ1n) is 6.96. The Morgan fingerprint density at radius 2 is 2.24 bits per heavy atom. The van der Waals surface area contributed by atoms with Gasteiger partial charge in [-0.2, -0.15) is 5.10 Å². The van der Waals surface area contributed by atoms with Gasteiger partial charge in [0.05, 0.1) is 26.0 Å². The molecule has 0 aliphatic rings. The fourth-order valence-corrected chi connectivity index (χ4v) is 2.25. The van der Waals surface area contributed by atoms with Crippen molar-refractivity contribution in [3.8, 4) is 11.5 Å². The molecule has 1 aromatic heterocycles. The third-order valence-electron chi connectivity index (χ3n) is 3.27. The highest BCUT2D eigenvalue weighted by Gasteiger charge is 2.21. The number of hydrogen-bond donors (Lipinski definition) is 2. The van der Waals surface area contributed by atoms with Gasteiger partial charge in [0, 0.05) is 7.05 Å². The Morgan fingerprint density at radius 1 is 1.43 bits per heavy atom. The lowest BCUT2D eigenvalue weighted by Gasteiger charge is -2.19. The zero-order valence-corrected chi connectivity index (χ0v) is 12.7. The topological polar surface area (TPSA) is 74.3 Å². The van der Waals surface area contributed by atoms with Crippen LogP contribution in [-0.4, -0.2) is 23.5 Å². The zero-order chi connectivity index (χ0) is 15.2. The second kappa shape index (κ2) is 7.10. The van der Waals surface area contributed by atoms with Crippen LogP contribution >= 0.6 is 0 Å². The zero-order valence-electron chi connectivity index (χ0n) is 12.7. The third kappa shape index (κ3) is 3.34. The largest absolute Gasteiger partial charge is 0.494 e. The standard InChI is InChI=1S/C15H22N4O2/c1-4-8-21-12-7-5-6-11(9-12)14(18-16)15-13(20-3)10-17-19(15)2/h5-7,9-10,14,18H,4,8,16H2,1-3H3. The van der Waals surface area contributed by atoms with Gasteiger partial charge in [0.15, 0.2) is 5.75 Å². The highest BCUT2D eigenvalue weighted by atomic mass is 16.5. The molecule has 0 spiro atoms. The van der Waals surface area contributed by atoms with Crippen LogP contribution in [0.3, 0.4) is 0 Å². The molecule has 1 heterocycles. The van der Waals surface area contributed by atoms with Gasteiger partial charge in [-0.05, 0) is 24.1 Å². The molecule has 0 saturated carbocycles. The molecule has 0 amide bonds. The lowest BCUT2D eigenvalue weighted by molar-refractivity contribution is 0.317. The van der Waals surface area contributed by atoms with E-state index in [4.69, 9.17) is 15.3 Å². The Morgan fingerprint density at radius 3 is 2.90 bits per heavy atom. The van der Waals surface area contributed by atoms with Gasteiger partial charge < -0.3 is 9.47 Å². The van der Waals surface area contributed by atoms with Crippen molar-refractivity contribution in [2.45, 2.75) is 19.4 Å². The first-order chi connectivity index (χ1) is 10.2. The summed E-state index contributed by atoms with van der Waals surface area (Å²) in [6.45, 7) is 2.77. The number of aryl methyl sites for hydroxylation is 1. The molecule has 1 aromatic carbocycles. The van der Waals surface area contributed by atoms with E-state index in [1.54, 1.807) is 18.0 Å². The van der Waals surface area contributed by atoms with E-state index in [-0.39, 0.29) is 6.04 Å². The first-order valence-corrected chi connectivity index (χ1v) is 6.96. The molecule has 6 nitrogen and oxygen atoms in total. The molecule has 1 atom stereocenters. The van der Waals surface area contributed by atoms with E-state index in [0.717, 1.165) is 23.4 Å². The van der Waals surface area contributed by atoms with Gasteiger partial charge >= 0.3 is 0 Å². The maximum absolute atomic E-state index is 5.75. The van der Waals surface area contributed by atoms with E-state index >= 15 is 0 Å². The highest BCUT2D eigenvalue weighted by Crippen LogP contribution is 2.30. The normalized spacial score (nSPS) is 12.2. The lowest BCUT2D eigenvalue weighted by atomic mass is 10.0. The predicted octanol–water partition coefficient (Wildman–Crippen LogP) is 1.77. The minimum atomic E-state index is -0.224. The van der Waals surface area contributed by atoms with Gasteiger partial charge in [-0.25, -0.2) is 5.43 Å². The van der Waals surface area contributed by atoms with E-state index < -0.39 is 0 Å². The van der Waals surface area contributed by atoms with E-state index in [1.165, 1.54) is 0 Å². The summed E-state index contributed by atoms with van der Waals surface area (Å²) in [5.74, 6) is 7.28. The van der Waals surface area contributed by atoms with Gasteiger partial charge in [0.25, 0.3) is 0 Å². The van der Waals surface area contributed by atoms with Crippen LogP contribution in [-0.2, 0) is 7.05 Å². The van der Waals surface area contributed by atoms with Gasteiger partial charge in [-0.15, -0.1) is 0 Å². The Bertz CT molecular complexity index is 583. The van der Waals surface area contributed by atoms with Crippen LogP contribution in [0.15, 0.2) is 30.5 Å². The summed E-state index contributed by atoms with van der Waals surface area (Å²) in [7, 11) is 3.48. The van der Waals surface area contributed by atoms with Crippen molar-refractivity contribution >= 4 is 0 Å². The molecular formula is C15H22N4O2. The SMILES string of the molecule is CCCOc1cccc(C(NN)c2c(OC)cnn2C)c1. The summed E-state index contributed by atoms with van der Waals surface area (Å²) in [5.41, 5.74) is 4.68. The molecule has 114 valence electrons. The fraction of sp³-hybridized carbons (Fsp3) is 0.400. The highest BCUT2D eigenvalue weighted by molar-refractivity contribution is 5.39. The first kappa shape index (κ1) is 15.3. The number of nitrogens with one attached hydrogen (secondary N) is 1. The molecule has 2 aromatic rings. The number of nitrogens with zero attached hydrogens (tertiary/aromatic N) is 2. The predicted molar refractivity (Wildman–Crippen MR) is 81.2 cm³/mol. The summed E-state index contributed by atoms with van der Waals surface area (Å²) in [5, 5.41) is 4.22.